The lowest BCUT2D eigenvalue weighted by atomic mass is 9.95. The Morgan fingerprint density at radius 1 is 0.885 bits per heavy atom. The van der Waals surface area contributed by atoms with Crippen LogP contribution in [0.15, 0.2) is 60.7 Å². The van der Waals surface area contributed by atoms with Crippen molar-refractivity contribution in [1.82, 2.24) is 4.90 Å². The van der Waals surface area contributed by atoms with Gasteiger partial charge in [-0.05, 0) is 37.1 Å². The van der Waals surface area contributed by atoms with Crippen molar-refractivity contribution in [2.45, 2.75) is 12.8 Å². The highest BCUT2D eigenvalue weighted by molar-refractivity contribution is 5.92. The van der Waals surface area contributed by atoms with Gasteiger partial charge in [-0.2, -0.15) is 0 Å². The van der Waals surface area contributed by atoms with Gasteiger partial charge in [-0.1, -0.05) is 36.4 Å². The number of likely N-dealkylation sites (tertiary alicyclic amines) is 1. The maximum absolute atomic E-state index is 12.3. The molecule has 0 spiro atoms. The Hall–Kier alpha value is -2.53. The average molecular weight is 374 g/mol. The molecular weight excluding hydrogens is 350 g/mol. The predicted molar refractivity (Wildman–Crippen MR) is 107 cm³/mol. The first kappa shape index (κ1) is 19.8. The van der Waals surface area contributed by atoms with Gasteiger partial charge in [-0.15, -0.1) is 12.4 Å². The van der Waals surface area contributed by atoms with Gasteiger partial charge in [0.05, 0.1) is 6.54 Å². The van der Waals surface area contributed by atoms with Crippen LogP contribution < -0.4 is 10.6 Å². The Morgan fingerprint density at radius 3 is 2.00 bits per heavy atom. The Labute approximate surface area is 160 Å². The second-order valence-electron chi connectivity index (χ2n) is 6.23. The predicted octanol–water partition coefficient (Wildman–Crippen LogP) is 3.40. The van der Waals surface area contributed by atoms with E-state index in [-0.39, 0.29) is 36.7 Å². The zero-order valence-electron chi connectivity index (χ0n) is 14.6. The van der Waals surface area contributed by atoms with Crippen molar-refractivity contribution in [1.29, 1.82) is 0 Å². The standard InChI is InChI=1S/C20H23N3O2.ClH/c24-19(15-21-17-7-3-1-4-8-17)23-13-11-16(12-14-23)20(25)22-18-9-5-2-6-10-18;/h1-10,16,21H,11-15H2,(H,22,25);1H. The molecule has 138 valence electrons. The van der Waals surface area contributed by atoms with Crippen LogP contribution >= 0.6 is 12.4 Å². The van der Waals surface area contributed by atoms with Crippen LogP contribution in [-0.4, -0.2) is 36.3 Å². The fourth-order valence-electron chi connectivity index (χ4n) is 3.00. The largest absolute Gasteiger partial charge is 0.376 e. The molecule has 1 heterocycles. The van der Waals surface area contributed by atoms with Crippen molar-refractivity contribution < 1.29 is 9.59 Å². The maximum atomic E-state index is 12.3. The van der Waals surface area contributed by atoms with E-state index in [1.54, 1.807) is 0 Å². The van der Waals surface area contributed by atoms with Crippen LogP contribution in [0.25, 0.3) is 0 Å². The SMILES string of the molecule is Cl.O=C(Nc1ccccc1)C1CCN(C(=O)CNc2ccccc2)CC1. The summed E-state index contributed by atoms with van der Waals surface area (Å²) in [4.78, 5) is 26.5. The third-order valence-corrected chi connectivity index (χ3v) is 4.48. The maximum Gasteiger partial charge on any atom is 0.241 e. The van der Waals surface area contributed by atoms with Gasteiger partial charge in [0.2, 0.25) is 11.8 Å². The first-order valence-corrected chi connectivity index (χ1v) is 8.65. The topological polar surface area (TPSA) is 61.4 Å². The van der Waals surface area contributed by atoms with Gasteiger partial charge in [-0.25, -0.2) is 0 Å². The molecule has 0 radical (unpaired) electrons. The lowest BCUT2D eigenvalue weighted by Crippen LogP contribution is -2.43. The number of nitrogens with one attached hydrogen (secondary N) is 2. The molecule has 0 aliphatic carbocycles. The van der Waals surface area contributed by atoms with Crippen molar-refractivity contribution >= 4 is 35.6 Å². The van der Waals surface area contributed by atoms with E-state index in [2.05, 4.69) is 10.6 Å². The van der Waals surface area contributed by atoms with Crippen molar-refractivity contribution in [2.24, 2.45) is 5.92 Å². The summed E-state index contributed by atoms with van der Waals surface area (Å²) in [5, 5.41) is 6.09. The fourth-order valence-corrected chi connectivity index (χ4v) is 3.00. The monoisotopic (exact) mass is 373 g/mol. The highest BCUT2D eigenvalue weighted by Crippen LogP contribution is 2.19. The van der Waals surface area contributed by atoms with Crippen LogP contribution in [0.5, 0.6) is 0 Å². The lowest BCUT2D eigenvalue weighted by molar-refractivity contribution is -0.132. The summed E-state index contributed by atoms with van der Waals surface area (Å²) < 4.78 is 0. The third kappa shape index (κ3) is 5.49. The van der Waals surface area contributed by atoms with E-state index in [1.807, 2.05) is 65.6 Å². The molecule has 26 heavy (non-hydrogen) atoms. The molecule has 0 bridgehead atoms. The Kier molecular flexibility index (Phi) is 7.48. The van der Waals surface area contributed by atoms with E-state index in [0.717, 1.165) is 11.4 Å². The molecular formula is C20H24ClN3O2. The van der Waals surface area contributed by atoms with Crippen LogP contribution in [0.3, 0.4) is 0 Å². The van der Waals surface area contributed by atoms with E-state index < -0.39 is 0 Å². The van der Waals surface area contributed by atoms with Crippen LogP contribution in [-0.2, 0) is 9.59 Å². The van der Waals surface area contributed by atoms with Gasteiger partial charge < -0.3 is 15.5 Å². The van der Waals surface area contributed by atoms with Gasteiger partial charge in [0.25, 0.3) is 0 Å². The first-order chi connectivity index (χ1) is 12.2. The van der Waals surface area contributed by atoms with Gasteiger partial charge in [-0.3, -0.25) is 9.59 Å². The lowest BCUT2D eigenvalue weighted by Gasteiger charge is -2.31. The third-order valence-electron chi connectivity index (χ3n) is 4.48. The normalized spacial score (nSPS) is 14.2. The number of hydrogen-bond acceptors (Lipinski definition) is 3. The molecule has 2 N–H and O–H groups in total. The van der Waals surface area contributed by atoms with Gasteiger partial charge in [0.1, 0.15) is 0 Å². The van der Waals surface area contributed by atoms with Crippen LogP contribution in [0.2, 0.25) is 0 Å². The molecule has 6 heteroatoms. The summed E-state index contributed by atoms with van der Waals surface area (Å²) in [5.41, 5.74) is 1.76. The number of rotatable bonds is 5. The zero-order valence-corrected chi connectivity index (χ0v) is 15.4. The fraction of sp³-hybridized carbons (Fsp3) is 0.300. The van der Waals surface area contributed by atoms with Crippen LogP contribution in [0, 0.1) is 5.92 Å². The molecule has 1 aliphatic rings. The summed E-state index contributed by atoms with van der Waals surface area (Å²) in [6, 6.07) is 19.2. The smallest absolute Gasteiger partial charge is 0.241 e. The summed E-state index contributed by atoms with van der Waals surface area (Å²) in [6.07, 6.45) is 1.41. The summed E-state index contributed by atoms with van der Waals surface area (Å²) in [5.74, 6) is 0.0813. The number of nitrogens with zero attached hydrogens (tertiary/aromatic N) is 1. The highest BCUT2D eigenvalue weighted by Gasteiger charge is 2.27. The zero-order chi connectivity index (χ0) is 17.5. The van der Waals surface area contributed by atoms with E-state index >= 15 is 0 Å². The van der Waals surface area contributed by atoms with Crippen molar-refractivity contribution in [2.75, 3.05) is 30.3 Å². The number of anilines is 2. The quantitative estimate of drug-likeness (QED) is 0.844. The Morgan fingerprint density at radius 2 is 1.42 bits per heavy atom. The molecule has 1 aliphatic heterocycles. The molecule has 0 unspecified atom stereocenters. The number of amides is 2. The average Bonchev–Trinajstić information content (AvgIpc) is 2.68. The summed E-state index contributed by atoms with van der Waals surface area (Å²) >= 11 is 0. The van der Waals surface area contributed by atoms with Gasteiger partial charge >= 0.3 is 0 Å². The number of benzene rings is 2. The molecule has 0 atom stereocenters. The molecule has 1 saturated heterocycles. The molecule has 0 saturated carbocycles. The van der Waals surface area contributed by atoms with Crippen molar-refractivity contribution in [3.05, 3.63) is 60.7 Å². The molecule has 5 nitrogen and oxygen atoms in total. The molecule has 2 amide bonds. The van der Waals surface area contributed by atoms with Crippen LogP contribution in [0.4, 0.5) is 11.4 Å². The minimum atomic E-state index is -0.0358. The molecule has 3 rings (SSSR count). The minimum Gasteiger partial charge on any atom is -0.376 e. The number of para-hydroxylation sites is 2. The number of halogens is 1. The highest BCUT2D eigenvalue weighted by atomic mass is 35.5. The number of carbonyl (C=O) groups excluding carboxylic acids is 2. The second-order valence-corrected chi connectivity index (χ2v) is 6.23. The second kappa shape index (κ2) is 9.82. The van der Waals surface area contributed by atoms with E-state index in [4.69, 9.17) is 0 Å². The van der Waals surface area contributed by atoms with Gasteiger partial charge in [0, 0.05) is 30.4 Å². The molecule has 2 aromatic rings. The number of carbonyl (C=O) groups is 2. The van der Waals surface area contributed by atoms with Gasteiger partial charge in [0.15, 0.2) is 0 Å². The van der Waals surface area contributed by atoms with Crippen molar-refractivity contribution in [3.63, 3.8) is 0 Å². The van der Waals surface area contributed by atoms with E-state index in [1.165, 1.54) is 0 Å². The van der Waals surface area contributed by atoms with Crippen LogP contribution in [0.1, 0.15) is 12.8 Å². The number of piperidine rings is 1. The molecule has 2 aromatic carbocycles. The first-order valence-electron chi connectivity index (χ1n) is 8.65. The minimum absolute atomic E-state index is 0. The number of hydrogen-bond donors (Lipinski definition) is 2. The molecule has 1 fully saturated rings. The molecule has 0 aromatic heterocycles. The van der Waals surface area contributed by atoms with E-state index in [9.17, 15) is 9.59 Å². The Bertz CT molecular complexity index is 702. The van der Waals surface area contributed by atoms with E-state index in [0.29, 0.717) is 25.9 Å². The summed E-state index contributed by atoms with van der Waals surface area (Å²) in [6.45, 7) is 1.54. The van der Waals surface area contributed by atoms with Crippen molar-refractivity contribution in [3.8, 4) is 0 Å². The summed E-state index contributed by atoms with van der Waals surface area (Å²) in [7, 11) is 0. The Balaban J connectivity index is 0.00000243.